The molecule has 0 aliphatic carbocycles. The largest absolute Gasteiger partial charge is 0.490 e. The molecule has 0 spiro atoms. The molecule has 1 aromatic heterocycles. The van der Waals surface area contributed by atoms with Crippen molar-refractivity contribution in [1.82, 2.24) is 14.8 Å². The SMILES string of the molecule is COc1c(-c2nnc(S(N)(=O)=O)n2C)cccc1[N+](=O)[O-]. The zero-order valence-corrected chi connectivity index (χ0v) is 11.9. The Morgan fingerprint density at radius 3 is 2.52 bits per heavy atom. The monoisotopic (exact) mass is 313 g/mol. The van der Waals surface area contributed by atoms with Crippen molar-refractivity contribution in [2.45, 2.75) is 5.16 Å². The van der Waals surface area contributed by atoms with E-state index in [9.17, 15) is 18.5 Å². The maximum Gasteiger partial charge on any atom is 0.311 e. The maximum atomic E-state index is 11.3. The Morgan fingerprint density at radius 2 is 2.05 bits per heavy atom. The zero-order valence-electron chi connectivity index (χ0n) is 11.0. The average molecular weight is 313 g/mol. The summed E-state index contributed by atoms with van der Waals surface area (Å²) in [5.41, 5.74) is -0.0354. The molecule has 1 heterocycles. The lowest BCUT2D eigenvalue weighted by atomic mass is 10.1. The van der Waals surface area contributed by atoms with Gasteiger partial charge in [-0.1, -0.05) is 6.07 Å². The molecule has 0 unspecified atom stereocenters. The van der Waals surface area contributed by atoms with Gasteiger partial charge in [-0.3, -0.25) is 14.7 Å². The second-order valence-electron chi connectivity index (χ2n) is 4.03. The maximum absolute atomic E-state index is 11.3. The van der Waals surface area contributed by atoms with Gasteiger partial charge in [0.25, 0.3) is 15.2 Å². The number of para-hydroxylation sites is 1. The van der Waals surface area contributed by atoms with Crippen LogP contribution in [0.25, 0.3) is 11.4 Å². The van der Waals surface area contributed by atoms with Gasteiger partial charge in [0.15, 0.2) is 5.82 Å². The van der Waals surface area contributed by atoms with Crippen LogP contribution in [-0.4, -0.2) is 35.2 Å². The number of rotatable bonds is 4. The van der Waals surface area contributed by atoms with Gasteiger partial charge in [0, 0.05) is 13.1 Å². The summed E-state index contributed by atoms with van der Waals surface area (Å²) in [7, 11) is -1.40. The summed E-state index contributed by atoms with van der Waals surface area (Å²) in [6.07, 6.45) is 0. The second kappa shape index (κ2) is 5.10. The number of nitrogens with two attached hydrogens (primary N) is 1. The third kappa shape index (κ3) is 2.55. The van der Waals surface area contributed by atoms with Gasteiger partial charge in [-0.2, -0.15) is 0 Å². The molecule has 112 valence electrons. The number of benzene rings is 1. The van der Waals surface area contributed by atoms with Gasteiger partial charge in [0.1, 0.15) is 0 Å². The Balaban J connectivity index is 2.72. The molecule has 0 saturated heterocycles. The molecular formula is C10H11N5O5S. The highest BCUT2D eigenvalue weighted by Gasteiger charge is 2.25. The van der Waals surface area contributed by atoms with Crippen LogP contribution < -0.4 is 9.88 Å². The van der Waals surface area contributed by atoms with Crippen LogP contribution in [0.2, 0.25) is 0 Å². The fourth-order valence-electron chi connectivity index (χ4n) is 1.86. The van der Waals surface area contributed by atoms with Crippen molar-refractivity contribution < 1.29 is 18.1 Å². The first-order chi connectivity index (χ1) is 9.77. The summed E-state index contributed by atoms with van der Waals surface area (Å²) in [5.74, 6) is 0.0403. The minimum Gasteiger partial charge on any atom is -0.490 e. The van der Waals surface area contributed by atoms with Gasteiger partial charge in [-0.05, 0) is 6.07 Å². The lowest BCUT2D eigenvalue weighted by Gasteiger charge is -2.08. The fourth-order valence-corrected chi connectivity index (χ4v) is 2.48. The van der Waals surface area contributed by atoms with Crippen molar-refractivity contribution in [2.24, 2.45) is 12.2 Å². The summed E-state index contributed by atoms with van der Waals surface area (Å²) in [6, 6.07) is 4.20. The number of ether oxygens (including phenoxy) is 1. The van der Waals surface area contributed by atoms with Crippen molar-refractivity contribution in [3.8, 4) is 17.1 Å². The molecule has 0 atom stereocenters. The predicted octanol–water partition coefficient (Wildman–Crippen LogP) is 0.0463. The van der Waals surface area contributed by atoms with E-state index < -0.39 is 20.1 Å². The molecule has 2 aromatic rings. The van der Waals surface area contributed by atoms with E-state index in [2.05, 4.69) is 10.2 Å². The predicted molar refractivity (Wildman–Crippen MR) is 71.0 cm³/mol. The number of nitrogens with zero attached hydrogens (tertiary/aromatic N) is 4. The number of aromatic nitrogens is 3. The first-order valence-corrected chi connectivity index (χ1v) is 7.06. The first kappa shape index (κ1) is 14.9. The standard InChI is InChI=1S/C10H11N5O5S/c1-14-9(12-13-10(14)21(11,18)19)6-4-3-5-7(15(16)17)8(6)20-2/h3-5H,1-2H3,(H2,11,18,19). The van der Waals surface area contributed by atoms with Crippen LogP contribution in [0.15, 0.2) is 23.4 Å². The highest BCUT2D eigenvalue weighted by molar-refractivity contribution is 7.89. The number of hydrogen-bond acceptors (Lipinski definition) is 7. The summed E-state index contributed by atoms with van der Waals surface area (Å²) in [6.45, 7) is 0. The van der Waals surface area contributed by atoms with Crippen LogP contribution in [0.3, 0.4) is 0 Å². The van der Waals surface area contributed by atoms with E-state index in [1.807, 2.05) is 0 Å². The Bertz CT molecular complexity index is 813. The zero-order chi connectivity index (χ0) is 15.8. The summed E-state index contributed by atoms with van der Waals surface area (Å²) >= 11 is 0. The van der Waals surface area contributed by atoms with Gasteiger partial charge < -0.3 is 4.74 Å². The van der Waals surface area contributed by atoms with Crippen molar-refractivity contribution >= 4 is 15.7 Å². The Labute approximate surface area is 119 Å². The first-order valence-electron chi connectivity index (χ1n) is 5.51. The third-order valence-corrected chi connectivity index (χ3v) is 3.59. The van der Waals surface area contributed by atoms with Crippen LogP contribution in [-0.2, 0) is 17.1 Å². The molecule has 10 nitrogen and oxygen atoms in total. The Hall–Kier alpha value is -2.53. The Morgan fingerprint density at radius 1 is 1.38 bits per heavy atom. The van der Waals surface area contributed by atoms with E-state index in [0.29, 0.717) is 0 Å². The highest BCUT2D eigenvalue weighted by Crippen LogP contribution is 2.36. The minimum absolute atomic E-state index is 0.0426. The van der Waals surface area contributed by atoms with Gasteiger partial charge in [-0.15, -0.1) is 10.2 Å². The molecule has 0 bridgehead atoms. The second-order valence-corrected chi connectivity index (χ2v) is 5.48. The van der Waals surface area contributed by atoms with Crippen molar-refractivity contribution in [2.75, 3.05) is 7.11 Å². The number of hydrogen-bond donors (Lipinski definition) is 1. The van der Waals surface area contributed by atoms with E-state index in [4.69, 9.17) is 9.88 Å². The highest BCUT2D eigenvalue weighted by atomic mass is 32.2. The summed E-state index contributed by atoms with van der Waals surface area (Å²) in [4.78, 5) is 10.4. The molecule has 0 radical (unpaired) electrons. The van der Waals surface area contributed by atoms with Gasteiger partial charge in [-0.25, -0.2) is 13.6 Å². The molecule has 1 aromatic carbocycles. The quantitative estimate of drug-likeness (QED) is 0.620. The number of methoxy groups -OCH3 is 1. The minimum atomic E-state index is -4.05. The van der Waals surface area contributed by atoms with Crippen LogP contribution in [0.1, 0.15) is 0 Å². The topological polar surface area (TPSA) is 143 Å². The average Bonchev–Trinajstić information content (AvgIpc) is 2.79. The Kier molecular flexibility index (Phi) is 3.61. The van der Waals surface area contributed by atoms with Gasteiger partial charge in [0.2, 0.25) is 5.75 Å². The van der Waals surface area contributed by atoms with E-state index in [1.54, 1.807) is 0 Å². The molecule has 0 saturated carbocycles. The smallest absolute Gasteiger partial charge is 0.311 e. The van der Waals surface area contributed by atoms with Gasteiger partial charge in [0.05, 0.1) is 17.6 Å². The van der Waals surface area contributed by atoms with Crippen LogP contribution in [0.5, 0.6) is 5.75 Å². The number of primary sulfonamides is 1. The molecule has 11 heteroatoms. The normalized spacial score (nSPS) is 11.4. The van der Waals surface area contributed by atoms with Crippen molar-refractivity contribution in [3.63, 3.8) is 0 Å². The molecule has 0 aliphatic heterocycles. The van der Waals surface area contributed by atoms with Gasteiger partial charge >= 0.3 is 5.69 Å². The number of sulfonamides is 1. The summed E-state index contributed by atoms with van der Waals surface area (Å²) < 4.78 is 28.8. The van der Waals surface area contributed by atoms with Crippen LogP contribution >= 0.6 is 0 Å². The van der Waals surface area contributed by atoms with Crippen molar-refractivity contribution in [3.05, 3.63) is 28.3 Å². The molecule has 21 heavy (non-hydrogen) atoms. The molecule has 2 rings (SSSR count). The molecular weight excluding hydrogens is 302 g/mol. The number of nitro groups is 1. The summed E-state index contributed by atoms with van der Waals surface area (Å²) in [5, 5.41) is 22.7. The molecule has 0 fully saturated rings. The van der Waals surface area contributed by atoms with Crippen molar-refractivity contribution in [1.29, 1.82) is 0 Å². The lowest BCUT2D eigenvalue weighted by molar-refractivity contribution is -0.385. The molecule has 0 aliphatic rings. The van der Waals surface area contributed by atoms with Crippen LogP contribution in [0, 0.1) is 10.1 Å². The van der Waals surface area contributed by atoms with E-state index in [-0.39, 0.29) is 22.8 Å². The van der Waals surface area contributed by atoms with E-state index in [0.717, 1.165) is 4.57 Å². The van der Waals surface area contributed by atoms with E-state index >= 15 is 0 Å². The lowest BCUT2D eigenvalue weighted by Crippen LogP contribution is -2.17. The van der Waals surface area contributed by atoms with E-state index in [1.165, 1.54) is 32.4 Å². The van der Waals surface area contributed by atoms with Crippen LogP contribution in [0.4, 0.5) is 5.69 Å². The molecule has 2 N–H and O–H groups in total. The third-order valence-electron chi connectivity index (χ3n) is 2.73. The fraction of sp³-hybridized carbons (Fsp3) is 0.200. The number of nitro benzene ring substituents is 1. The molecule has 0 amide bonds.